The highest BCUT2D eigenvalue weighted by molar-refractivity contribution is 6.39. The Morgan fingerprint density at radius 1 is 1.07 bits per heavy atom. The zero-order valence-corrected chi connectivity index (χ0v) is 17.1. The van der Waals surface area contributed by atoms with Gasteiger partial charge in [-0.2, -0.15) is 0 Å². The lowest BCUT2D eigenvalue weighted by atomic mass is 10.1. The van der Waals surface area contributed by atoms with Crippen molar-refractivity contribution in [2.75, 3.05) is 45.1 Å². The van der Waals surface area contributed by atoms with Crippen molar-refractivity contribution in [3.05, 3.63) is 59.9 Å². The van der Waals surface area contributed by atoms with Crippen LogP contribution < -0.4 is 10.6 Å². The van der Waals surface area contributed by atoms with Crippen LogP contribution in [-0.2, 0) is 16.0 Å². The first-order valence-corrected chi connectivity index (χ1v) is 10.1. The predicted octanol–water partition coefficient (Wildman–Crippen LogP) is 1.69. The third-order valence-corrected chi connectivity index (χ3v) is 5.33. The molecular formula is C22H29N5O2. The van der Waals surface area contributed by atoms with E-state index in [-0.39, 0.29) is 6.04 Å². The third kappa shape index (κ3) is 5.85. The maximum atomic E-state index is 12.4. The first-order chi connectivity index (χ1) is 14.1. The molecule has 1 aliphatic heterocycles. The molecule has 1 atom stereocenters. The lowest BCUT2D eigenvalue weighted by molar-refractivity contribution is -0.136. The van der Waals surface area contributed by atoms with E-state index in [4.69, 9.17) is 0 Å². The number of aryl methyl sites for hydroxylation is 1. The van der Waals surface area contributed by atoms with Gasteiger partial charge in [0.2, 0.25) is 0 Å². The number of nitrogens with one attached hydrogen (secondary N) is 2. The molecule has 0 radical (unpaired) electrons. The normalized spacial score (nSPS) is 16.2. The van der Waals surface area contributed by atoms with Crippen molar-refractivity contribution in [1.82, 2.24) is 20.1 Å². The van der Waals surface area contributed by atoms with Crippen LogP contribution >= 0.6 is 0 Å². The molecule has 7 nitrogen and oxygen atoms in total. The van der Waals surface area contributed by atoms with E-state index >= 15 is 0 Å². The first-order valence-electron chi connectivity index (χ1n) is 10.1. The molecule has 1 saturated heterocycles. The number of aromatic nitrogens is 1. The zero-order valence-electron chi connectivity index (χ0n) is 17.1. The van der Waals surface area contributed by atoms with Crippen LogP contribution in [0.25, 0.3) is 0 Å². The van der Waals surface area contributed by atoms with Gasteiger partial charge in [-0.3, -0.25) is 19.5 Å². The van der Waals surface area contributed by atoms with Crippen LogP contribution in [0.2, 0.25) is 0 Å². The highest BCUT2D eigenvalue weighted by Crippen LogP contribution is 2.20. The van der Waals surface area contributed by atoms with E-state index in [2.05, 4.69) is 39.4 Å². The summed E-state index contributed by atoms with van der Waals surface area (Å²) in [7, 11) is 2.11. The van der Waals surface area contributed by atoms with Crippen molar-refractivity contribution < 1.29 is 9.59 Å². The molecule has 2 N–H and O–H groups in total. The van der Waals surface area contributed by atoms with Gasteiger partial charge in [-0.05, 0) is 42.8 Å². The average Bonchev–Trinajstić information content (AvgIpc) is 2.76. The fraction of sp³-hybridized carbons (Fsp3) is 0.409. The lowest BCUT2D eigenvalue weighted by Gasteiger charge is -2.38. The number of hydrogen-bond acceptors (Lipinski definition) is 5. The predicted molar refractivity (Wildman–Crippen MR) is 114 cm³/mol. The molecule has 1 aromatic heterocycles. The number of pyridine rings is 1. The van der Waals surface area contributed by atoms with E-state index in [1.807, 2.05) is 42.6 Å². The molecule has 0 spiro atoms. The quantitative estimate of drug-likeness (QED) is 0.728. The van der Waals surface area contributed by atoms with E-state index in [0.29, 0.717) is 12.2 Å². The van der Waals surface area contributed by atoms with Crippen LogP contribution in [0.3, 0.4) is 0 Å². The number of carbonyl (C=O) groups is 2. The van der Waals surface area contributed by atoms with Crippen LogP contribution in [-0.4, -0.2) is 66.4 Å². The van der Waals surface area contributed by atoms with E-state index < -0.39 is 11.8 Å². The molecule has 7 heteroatoms. The molecule has 1 aromatic carbocycles. The smallest absolute Gasteiger partial charge is 0.313 e. The summed E-state index contributed by atoms with van der Waals surface area (Å²) >= 11 is 0. The number of hydrogen-bond donors (Lipinski definition) is 2. The Hall–Kier alpha value is -2.77. The summed E-state index contributed by atoms with van der Waals surface area (Å²) in [5.41, 5.74) is 2.83. The summed E-state index contributed by atoms with van der Waals surface area (Å²) in [5, 5.41) is 5.46. The van der Waals surface area contributed by atoms with Crippen molar-refractivity contribution >= 4 is 17.5 Å². The molecule has 2 aromatic rings. The van der Waals surface area contributed by atoms with Crippen LogP contribution in [0.5, 0.6) is 0 Å². The van der Waals surface area contributed by atoms with Crippen LogP contribution in [0, 0.1) is 0 Å². The summed E-state index contributed by atoms with van der Waals surface area (Å²) in [5.74, 6) is -1.29. The third-order valence-electron chi connectivity index (χ3n) is 5.33. The highest BCUT2D eigenvalue weighted by Gasteiger charge is 2.25. The Kier molecular flexibility index (Phi) is 7.32. The molecule has 1 unspecified atom stereocenters. The largest absolute Gasteiger partial charge is 0.346 e. The summed E-state index contributed by atoms with van der Waals surface area (Å²) in [6, 6.07) is 11.4. The van der Waals surface area contributed by atoms with Gasteiger partial charge >= 0.3 is 11.8 Å². The van der Waals surface area contributed by atoms with Crippen molar-refractivity contribution in [2.45, 2.75) is 19.4 Å². The molecular weight excluding hydrogens is 366 g/mol. The van der Waals surface area contributed by atoms with Gasteiger partial charge in [-0.15, -0.1) is 0 Å². The average molecular weight is 396 g/mol. The number of anilines is 1. The number of nitrogens with zero attached hydrogens (tertiary/aromatic N) is 3. The summed E-state index contributed by atoms with van der Waals surface area (Å²) < 4.78 is 0. The van der Waals surface area contributed by atoms with Gasteiger partial charge in [0.25, 0.3) is 0 Å². The molecule has 0 aliphatic carbocycles. The second kappa shape index (κ2) is 10.1. The van der Waals surface area contributed by atoms with Gasteiger partial charge in [0, 0.05) is 50.8 Å². The minimum Gasteiger partial charge on any atom is -0.346 e. The maximum absolute atomic E-state index is 12.4. The van der Waals surface area contributed by atoms with Crippen LogP contribution in [0.4, 0.5) is 5.69 Å². The molecule has 0 bridgehead atoms. The number of piperazine rings is 1. The van der Waals surface area contributed by atoms with E-state index in [1.54, 1.807) is 6.20 Å². The number of likely N-dealkylation sites (N-methyl/N-ethyl adjacent to an activating group) is 1. The molecule has 1 aliphatic rings. The number of rotatable bonds is 6. The molecule has 3 rings (SSSR count). The number of amides is 2. The van der Waals surface area contributed by atoms with Crippen LogP contribution in [0.15, 0.2) is 48.8 Å². The molecule has 154 valence electrons. The van der Waals surface area contributed by atoms with Crippen LogP contribution in [0.1, 0.15) is 24.1 Å². The van der Waals surface area contributed by atoms with E-state index in [9.17, 15) is 9.59 Å². The van der Waals surface area contributed by atoms with E-state index in [1.165, 1.54) is 5.56 Å². The standard InChI is InChI=1S/C22H29N5O2/c1-3-17-6-8-19(9-7-17)25-22(29)21(28)24-16-20(18-5-4-10-23-15-18)27-13-11-26(2)12-14-27/h4-10,15,20H,3,11-14,16H2,1-2H3,(H,24,28)(H,25,29). The highest BCUT2D eigenvalue weighted by atomic mass is 16.2. The van der Waals surface area contributed by atoms with E-state index in [0.717, 1.165) is 38.2 Å². The van der Waals surface area contributed by atoms with Crippen molar-refractivity contribution in [3.8, 4) is 0 Å². The molecule has 2 amide bonds. The van der Waals surface area contributed by atoms with Gasteiger partial charge in [-0.25, -0.2) is 0 Å². The SMILES string of the molecule is CCc1ccc(NC(=O)C(=O)NCC(c2cccnc2)N2CCN(C)CC2)cc1. The summed E-state index contributed by atoms with van der Waals surface area (Å²) in [4.78, 5) is 33.5. The lowest BCUT2D eigenvalue weighted by Crippen LogP contribution is -2.49. The van der Waals surface area contributed by atoms with Crippen molar-refractivity contribution in [3.63, 3.8) is 0 Å². The number of benzene rings is 1. The Labute approximate surface area is 172 Å². The molecule has 2 heterocycles. The molecule has 29 heavy (non-hydrogen) atoms. The van der Waals surface area contributed by atoms with Gasteiger partial charge in [0.1, 0.15) is 0 Å². The summed E-state index contributed by atoms with van der Waals surface area (Å²) in [6.45, 7) is 6.18. The Morgan fingerprint density at radius 2 is 1.79 bits per heavy atom. The molecule has 0 saturated carbocycles. The second-order valence-corrected chi connectivity index (χ2v) is 7.36. The molecule has 1 fully saturated rings. The fourth-order valence-corrected chi connectivity index (χ4v) is 3.45. The van der Waals surface area contributed by atoms with Crippen molar-refractivity contribution in [2.24, 2.45) is 0 Å². The van der Waals surface area contributed by atoms with Gasteiger partial charge < -0.3 is 15.5 Å². The maximum Gasteiger partial charge on any atom is 0.313 e. The van der Waals surface area contributed by atoms with Gasteiger partial charge in [0.05, 0.1) is 6.04 Å². The second-order valence-electron chi connectivity index (χ2n) is 7.36. The Morgan fingerprint density at radius 3 is 2.41 bits per heavy atom. The zero-order chi connectivity index (χ0) is 20.6. The minimum atomic E-state index is -0.655. The van der Waals surface area contributed by atoms with Crippen molar-refractivity contribution in [1.29, 1.82) is 0 Å². The minimum absolute atomic E-state index is 0.0158. The Bertz CT molecular complexity index is 802. The number of carbonyl (C=O) groups excluding carboxylic acids is 2. The summed E-state index contributed by atoms with van der Waals surface area (Å²) in [6.07, 6.45) is 4.49. The Balaban J connectivity index is 1.60. The first kappa shape index (κ1) is 21.0. The fourth-order valence-electron chi connectivity index (χ4n) is 3.45. The van der Waals surface area contributed by atoms with Gasteiger partial charge in [0.15, 0.2) is 0 Å². The van der Waals surface area contributed by atoms with Gasteiger partial charge in [-0.1, -0.05) is 25.1 Å². The monoisotopic (exact) mass is 395 g/mol. The topological polar surface area (TPSA) is 77.6 Å².